The van der Waals surface area contributed by atoms with Crippen LogP contribution >= 0.6 is 0 Å². The molecule has 0 radical (unpaired) electrons. The van der Waals surface area contributed by atoms with E-state index >= 15 is 0 Å². The van der Waals surface area contributed by atoms with Gasteiger partial charge in [-0.05, 0) is 30.3 Å². The van der Waals surface area contributed by atoms with Gasteiger partial charge in [0.25, 0.3) is 0 Å². The molecule has 0 aliphatic rings. The van der Waals surface area contributed by atoms with Crippen LogP contribution in [0.1, 0.15) is 11.6 Å². The largest absolute Gasteiger partial charge is 0.366 e. The normalized spacial score (nSPS) is 11.6. The maximum atomic E-state index is 13.6. The van der Waals surface area contributed by atoms with E-state index in [1.54, 1.807) is 24.3 Å². The summed E-state index contributed by atoms with van der Waals surface area (Å²) in [6, 6.07) is 13.0. The molecule has 0 heterocycles. The molecule has 1 N–H and O–H groups in total. The van der Waals surface area contributed by atoms with Crippen molar-refractivity contribution in [1.29, 1.82) is 5.26 Å². The summed E-state index contributed by atoms with van der Waals surface area (Å²) in [5, 5.41) is 11.9. The van der Waals surface area contributed by atoms with Gasteiger partial charge in [-0.1, -0.05) is 18.2 Å². The summed E-state index contributed by atoms with van der Waals surface area (Å²) in [6.07, 6.45) is 0. The first-order valence-corrected chi connectivity index (χ1v) is 5.37. The second-order valence-corrected chi connectivity index (χ2v) is 3.74. The van der Waals surface area contributed by atoms with Gasteiger partial charge in [0.1, 0.15) is 17.7 Å². The summed E-state index contributed by atoms with van der Waals surface area (Å²) >= 11 is 0. The Kier molecular flexibility index (Phi) is 3.54. The molecular formula is C14H10F2N2. The quantitative estimate of drug-likeness (QED) is 0.894. The van der Waals surface area contributed by atoms with E-state index in [4.69, 9.17) is 5.26 Å². The fourth-order valence-electron chi connectivity index (χ4n) is 1.62. The number of nitrogens with one attached hydrogen (secondary N) is 1. The number of hydrogen-bond donors (Lipinski definition) is 1. The van der Waals surface area contributed by atoms with E-state index < -0.39 is 17.7 Å². The molecule has 2 aromatic carbocycles. The molecule has 0 aliphatic heterocycles. The van der Waals surface area contributed by atoms with Gasteiger partial charge in [-0.15, -0.1) is 0 Å². The zero-order chi connectivity index (χ0) is 13.0. The lowest BCUT2D eigenvalue weighted by Gasteiger charge is -2.14. The number of nitriles is 1. The Labute approximate surface area is 103 Å². The molecule has 0 saturated carbocycles. The van der Waals surface area contributed by atoms with Crippen molar-refractivity contribution in [2.24, 2.45) is 0 Å². The molecule has 0 saturated heterocycles. The van der Waals surface area contributed by atoms with Gasteiger partial charge < -0.3 is 5.32 Å². The Hall–Kier alpha value is -2.41. The van der Waals surface area contributed by atoms with Gasteiger partial charge in [0, 0.05) is 11.3 Å². The Bertz CT molecular complexity index is 576. The Morgan fingerprint density at radius 3 is 2.44 bits per heavy atom. The summed E-state index contributed by atoms with van der Waals surface area (Å²) in [7, 11) is 0. The highest BCUT2D eigenvalue weighted by Gasteiger charge is 2.15. The zero-order valence-electron chi connectivity index (χ0n) is 9.40. The van der Waals surface area contributed by atoms with E-state index in [0.717, 1.165) is 18.2 Å². The van der Waals surface area contributed by atoms with Crippen LogP contribution in [-0.4, -0.2) is 0 Å². The smallest absolute Gasteiger partial charge is 0.143 e. The second kappa shape index (κ2) is 5.28. The molecule has 0 amide bonds. The Morgan fingerprint density at radius 1 is 1.06 bits per heavy atom. The molecule has 0 bridgehead atoms. The fourth-order valence-corrected chi connectivity index (χ4v) is 1.62. The standard InChI is InChI=1S/C14H10F2N2/c15-10-6-7-13(16)12(8-10)14(9-17)18-11-4-2-1-3-5-11/h1-8,14,18H. The van der Waals surface area contributed by atoms with Crippen LogP contribution < -0.4 is 5.32 Å². The molecule has 4 heteroatoms. The van der Waals surface area contributed by atoms with Gasteiger partial charge in [0.15, 0.2) is 0 Å². The SMILES string of the molecule is N#CC(Nc1ccccc1)c1cc(F)ccc1F. The van der Waals surface area contributed by atoms with E-state index in [1.165, 1.54) is 0 Å². The van der Waals surface area contributed by atoms with Crippen LogP contribution in [0.4, 0.5) is 14.5 Å². The summed E-state index contributed by atoms with van der Waals surface area (Å²) in [6.45, 7) is 0. The van der Waals surface area contributed by atoms with E-state index in [2.05, 4.69) is 5.32 Å². The van der Waals surface area contributed by atoms with E-state index in [-0.39, 0.29) is 5.56 Å². The van der Waals surface area contributed by atoms with Gasteiger partial charge in [-0.3, -0.25) is 0 Å². The molecular weight excluding hydrogens is 234 g/mol. The van der Waals surface area contributed by atoms with Crippen molar-refractivity contribution in [1.82, 2.24) is 0 Å². The van der Waals surface area contributed by atoms with Gasteiger partial charge in [0.2, 0.25) is 0 Å². The highest BCUT2D eigenvalue weighted by molar-refractivity contribution is 5.47. The second-order valence-electron chi connectivity index (χ2n) is 3.74. The number of hydrogen-bond acceptors (Lipinski definition) is 2. The van der Waals surface area contributed by atoms with Crippen LogP contribution in [0.3, 0.4) is 0 Å². The highest BCUT2D eigenvalue weighted by Crippen LogP contribution is 2.22. The minimum absolute atomic E-state index is 0.00125. The lowest BCUT2D eigenvalue weighted by atomic mass is 10.1. The van der Waals surface area contributed by atoms with Crippen LogP contribution in [0, 0.1) is 23.0 Å². The van der Waals surface area contributed by atoms with Crippen LogP contribution in [0.25, 0.3) is 0 Å². The molecule has 0 fully saturated rings. The van der Waals surface area contributed by atoms with Crippen molar-refractivity contribution < 1.29 is 8.78 Å². The van der Waals surface area contributed by atoms with Crippen LogP contribution in [0.5, 0.6) is 0 Å². The van der Waals surface area contributed by atoms with Gasteiger partial charge in [-0.25, -0.2) is 8.78 Å². The van der Waals surface area contributed by atoms with Gasteiger partial charge in [0.05, 0.1) is 6.07 Å². The fraction of sp³-hybridized carbons (Fsp3) is 0.0714. The maximum Gasteiger partial charge on any atom is 0.143 e. The molecule has 0 spiro atoms. The number of para-hydroxylation sites is 1. The van der Waals surface area contributed by atoms with Crippen molar-refractivity contribution in [2.75, 3.05) is 5.32 Å². The lowest BCUT2D eigenvalue weighted by Crippen LogP contribution is -2.10. The third-order valence-corrected chi connectivity index (χ3v) is 2.48. The summed E-state index contributed by atoms with van der Waals surface area (Å²) in [4.78, 5) is 0. The average molecular weight is 244 g/mol. The average Bonchev–Trinajstić information content (AvgIpc) is 2.40. The van der Waals surface area contributed by atoms with Gasteiger partial charge in [-0.2, -0.15) is 5.26 Å². The lowest BCUT2D eigenvalue weighted by molar-refractivity contribution is 0.583. The molecule has 2 aromatic rings. The summed E-state index contributed by atoms with van der Waals surface area (Å²) < 4.78 is 26.6. The van der Waals surface area contributed by atoms with Gasteiger partial charge >= 0.3 is 0 Å². The monoisotopic (exact) mass is 244 g/mol. The minimum atomic E-state index is -0.928. The number of rotatable bonds is 3. The molecule has 2 nitrogen and oxygen atoms in total. The number of halogens is 2. The molecule has 90 valence electrons. The Morgan fingerprint density at radius 2 is 1.78 bits per heavy atom. The number of nitrogens with zero attached hydrogens (tertiary/aromatic N) is 1. The summed E-state index contributed by atoms with van der Waals surface area (Å²) in [5.74, 6) is -1.17. The topological polar surface area (TPSA) is 35.8 Å². The first-order valence-electron chi connectivity index (χ1n) is 5.37. The molecule has 1 atom stereocenters. The van der Waals surface area contributed by atoms with E-state index in [9.17, 15) is 8.78 Å². The molecule has 2 rings (SSSR count). The first kappa shape index (κ1) is 12.1. The minimum Gasteiger partial charge on any atom is -0.366 e. The predicted molar refractivity (Wildman–Crippen MR) is 64.8 cm³/mol. The Balaban J connectivity index is 2.29. The third kappa shape index (κ3) is 2.64. The van der Waals surface area contributed by atoms with Crippen molar-refractivity contribution in [2.45, 2.75) is 6.04 Å². The highest BCUT2D eigenvalue weighted by atomic mass is 19.1. The molecule has 18 heavy (non-hydrogen) atoms. The molecule has 1 unspecified atom stereocenters. The number of anilines is 1. The molecule has 0 aliphatic carbocycles. The van der Waals surface area contributed by atoms with Crippen LogP contribution in [0.2, 0.25) is 0 Å². The van der Waals surface area contributed by atoms with Crippen molar-refractivity contribution in [3.63, 3.8) is 0 Å². The predicted octanol–water partition coefficient (Wildman–Crippen LogP) is 3.64. The van der Waals surface area contributed by atoms with E-state index in [0.29, 0.717) is 5.69 Å². The van der Waals surface area contributed by atoms with Crippen molar-refractivity contribution >= 4 is 5.69 Å². The first-order chi connectivity index (χ1) is 8.70. The van der Waals surface area contributed by atoms with E-state index in [1.807, 2.05) is 12.1 Å². The maximum absolute atomic E-state index is 13.6. The molecule has 0 aromatic heterocycles. The summed E-state index contributed by atoms with van der Waals surface area (Å²) in [5.41, 5.74) is 0.675. The third-order valence-electron chi connectivity index (χ3n) is 2.48. The van der Waals surface area contributed by atoms with Crippen molar-refractivity contribution in [3.8, 4) is 6.07 Å². The zero-order valence-corrected chi connectivity index (χ0v) is 9.40. The number of benzene rings is 2. The van der Waals surface area contributed by atoms with Crippen LogP contribution in [-0.2, 0) is 0 Å². The van der Waals surface area contributed by atoms with Crippen LogP contribution in [0.15, 0.2) is 48.5 Å². The van der Waals surface area contributed by atoms with Crippen molar-refractivity contribution in [3.05, 3.63) is 65.7 Å².